The lowest BCUT2D eigenvalue weighted by Crippen LogP contribution is -2.10. The van der Waals surface area contributed by atoms with E-state index < -0.39 is 0 Å². The maximum Gasteiger partial charge on any atom is 0.162 e. The molecule has 0 radical (unpaired) electrons. The van der Waals surface area contributed by atoms with Crippen molar-refractivity contribution in [3.05, 3.63) is 36.5 Å². The van der Waals surface area contributed by atoms with Crippen LogP contribution in [-0.4, -0.2) is 5.78 Å². The van der Waals surface area contributed by atoms with Crippen molar-refractivity contribution < 1.29 is 13.9 Å². The molecule has 0 bridgehead atoms. The number of allylic oxidation sites excluding steroid dienone is 1. The van der Waals surface area contributed by atoms with Crippen LogP contribution in [0.1, 0.15) is 18.3 Å². The molecule has 2 heterocycles. The van der Waals surface area contributed by atoms with Crippen LogP contribution >= 0.6 is 0 Å². The first-order valence-electron chi connectivity index (χ1n) is 3.74. The van der Waals surface area contributed by atoms with Gasteiger partial charge in [0.2, 0.25) is 0 Å². The quantitative estimate of drug-likeness (QED) is 0.635. The number of hydrogen-bond donors (Lipinski definition) is 0. The molecule has 2 rings (SSSR count). The average molecular weight is 164 g/mol. The second kappa shape index (κ2) is 2.85. The lowest BCUT2D eigenvalue weighted by molar-refractivity contribution is -0.118. The predicted molar refractivity (Wildman–Crippen MR) is 41.3 cm³/mol. The van der Waals surface area contributed by atoms with Gasteiger partial charge in [0.15, 0.2) is 11.9 Å². The van der Waals surface area contributed by atoms with Crippen LogP contribution in [0.15, 0.2) is 35.2 Å². The highest BCUT2D eigenvalue weighted by Crippen LogP contribution is 2.24. The van der Waals surface area contributed by atoms with Crippen molar-refractivity contribution in [2.45, 2.75) is 12.5 Å². The minimum Gasteiger partial charge on any atom is -0.489 e. The van der Waals surface area contributed by atoms with Crippen LogP contribution < -0.4 is 0 Å². The Morgan fingerprint density at radius 2 is 2.42 bits per heavy atom. The highest BCUT2D eigenvalue weighted by molar-refractivity contribution is 5.90. The molecule has 1 aromatic rings. The molecular formula is C9H8O3. The summed E-state index contributed by atoms with van der Waals surface area (Å²) < 4.78 is 10.3. The van der Waals surface area contributed by atoms with E-state index in [1.807, 2.05) is 0 Å². The van der Waals surface area contributed by atoms with Crippen molar-refractivity contribution >= 4 is 5.78 Å². The molecule has 1 aromatic heterocycles. The van der Waals surface area contributed by atoms with E-state index in [2.05, 4.69) is 0 Å². The van der Waals surface area contributed by atoms with Crippen LogP contribution in [0, 0.1) is 0 Å². The minimum atomic E-state index is -0.238. The standard InChI is InChI=1S/C9H8O3/c10-7-3-5-12-9(6-7)8-2-1-4-11-8/h1-5,9H,6H2/t9-/m0/s1. The Morgan fingerprint density at radius 1 is 1.50 bits per heavy atom. The van der Waals surface area contributed by atoms with Crippen molar-refractivity contribution in [1.82, 2.24) is 0 Å². The van der Waals surface area contributed by atoms with E-state index in [-0.39, 0.29) is 11.9 Å². The number of ketones is 1. The third kappa shape index (κ3) is 1.25. The Labute approximate surface area is 69.6 Å². The molecular weight excluding hydrogens is 156 g/mol. The van der Waals surface area contributed by atoms with Gasteiger partial charge in [0.05, 0.1) is 18.9 Å². The summed E-state index contributed by atoms with van der Waals surface area (Å²) in [6.45, 7) is 0. The highest BCUT2D eigenvalue weighted by atomic mass is 16.5. The highest BCUT2D eigenvalue weighted by Gasteiger charge is 2.20. The molecule has 0 aromatic carbocycles. The lowest BCUT2D eigenvalue weighted by atomic mass is 10.1. The predicted octanol–water partition coefficient (Wildman–Crippen LogP) is 1.82. The number of hydrogen-bond acceptors (Lipinski definition) is 3. The molecule has 0 unspecified atom stereocenters. The Balaban J connectivity index is 2.17. The first-order chi connectivity index (χ1) is 5.86. The topological polar surface area (TPSA) is 39.4 Å². The number of carbonyl (C=O) groups excluding carboxylic acids is 1. The van der Waals surface area contributed by atoms with Gasteiger partial charge >= 0.3 is 0 Å². The first-order valence-corrected chi connectivity index (χ1v) is 3.74. The fourth-order valence-electron chi connectivity index (χ4n) is 1.15. The van der Waals surface area contributed by atoms with Crippen molar-refractivity contribution in [1.29, 1.82) is 0 Å². The van der Waals surface area contributed by atoms with Gasteiger partial charge in [0, 0.05) is 6.08 Å². The van der Waals surface area contributed by atoms with E-state index in [4.69, 9.17) is 9.15 Å². The average Bonchev–Trinajstić information content (AvgIpc) is 2.56. The van der Waals surface area contributed by atoms with Crippen molar-refractivity contribution in [2.24, 2.45) is 0 Å². The smallest absolute Gasteiger partial charge is 0.162 e. The zero-order valence-electron chi connectivity index (χ0n) is 6.40. The summed E-state index contributed by atoms with van der Waals surface area (Å²) in [4.78, 5) is 11.0. The van der Waals surface area contributed by atoms with Crippen molar-refractivity contribution in [3.63, 3.8) is 0 Å². The summed E-state index contributed by atoms with van der Waals surface area (Å²) in [5.41, 5.74) is 0. The molecule has 1 aliphatic heterocycles. The Hall–Kier alpha value is -1.51. The van der Waals surface area contributed by atoms with E-state index in [1.165, 1.54) is 12.3 Å². The zero-order chi connectivity index (χ0) is 8.39. The molecule has 12 heavy (non-hydrogen) atoms. The Kier molecular flexibility index (Phi) is 1.70. The van der Waals surface area contributed by atoms with Crippen molar-refractivity contribution in [3.8, 4) is 0 Å². The van der Waals surface area contributed by atoms with Crippen LogP contribution in [0.2, 0.25) is 0 Å². The normalized spacial score (nSPS) is 22.3. The monoisotopic (exact) mass is 164 g/mol. The van der Waals surface area contributed by atoms with Gasteiger partial charge in [-0.1, -0.05) is 0 Å². The van der Waals surface area contributed by atoms with E-state index in [0.29, 0.717) is 12.2 Å². The van der Waals surface area contributed by atoms with Gasteiger partial charge < -0.3 is 9.15 Å². The fraction of sp³-hybridized carbons (Fsp3) is 0.222. The molecule has 62 valence electrons. The maximum absolute atomic E-state index is 11.0. The maximum atomic E-state index is 11.0. The van der Waals surface area contributed by atoms with Crippen molar-refractivity contribution in [2.75, 3.05) is 0 Å². The molecule has 0 fully saturated rings. The fourth-order valence-corrected chi connectivity index (χ4v) is 1.15. The van der Waals surface area contributed by atoms with Gasteiger partial charge in [-0.2, -0.15) is 0 Å². The molecule has 1 atom stereocenters. The van der Waals surface area contributed by atoms with E-state index in [0.717, 1.165) is 0 Å². The molecule has 1 aliphatic rings. The molecule has 0 spiro atoms. The van der Waals surface area contributed by atoms with E-state index in [1.54, 1.807) is 18.4 Å². The molecule has 3 heteroatoms. The summed E-state index contributed by atoms with van der Waals surface area (Å²) in [6.07, 6.45) is 4.54. The summed E-state index contributed by atoms with van der Waals surface area (Å²) in [5, 5.41) is 0. The second-order valence-corrected chi connectivity index (χ2v) is 2.61. The number of carbonyl (C=O) groups is 1. The van der Waals surface area contributed by atoms with Gasteiger partial charge in [-0.3, -0.25) is 4.79 Å². The van der Waals surface area contributed by atoms with Crippen LogP contribution in [0.4, 0.5) is 0 Å². The number of ether oxygens (including phenoxy) is 1. The van der Waals surface area contributed by atoms with Gasteiger partial charge in [0.1, 0.15) is 5.76 Å². The second-order valence-electron chi connectivity index (χ2n) is 2.61. The zero-order valence-corrected chi connectivity index (χ0v) is 6.40. The molecule has 3 nitrogen and oxygen atoms in total. The van der Waals surface area contributed by atoms with Crippen LogP contribution in [0.3, 0.4) is 0 Å². The molecule has 0 amide bonds. The Morgan fingerprint density at radius 3 is 3.08 bits per heavy atom. The van der Waals surface area contributed by atoms with E-state index in [9.17, 15) is 4.79 Å². The molecule has 0 saturated carbocycles. The van der Waals surface area contributed by atoms with Gasteiger partial charge in [-0.05, 0) is 12.1 Å². The molecule has 0 saturated heterocycles. The van der Waals surface area contributed by atoms with Crippen LogP contribution in [-0.2, 0) is 9.53 Å². The third-order valence-electron chi connectivity index (χ3n) is 1.74. The summed E-state index contributed by atoms with van der Waals surface area (Å²) in [6, 6.07) is 3.58. The number of rotatable bonds is 1. The largest absolute Gasteiger partial charge is 0.489 e. The summed E-state index contributed by atoms with van der Waals surface area (Å²) in [5.74, 6) is 0.773. The van der Waals surface area contributed by atoms with Gasteiger partial charge in [-0.25, -0.2) is 0 Å². The lowest BCUT2D eigenvalue weighted by Gasteiger charge is -2.15. The molecule has 0 aliphatic carbocycles. The summed E-state index contributed by atoms with van der Waals surface area (Å²) >= 11 is 0. The van der Waals surface area contributed by atoms with Crippen LogP contribution in [0.5, 0.6) is 0 Å². The molecule has 0 N–H and O–H groups in total. The van der Waals surface area contributed by atoms with E-state index >= 15 is 0 Å². The first kappa shape index (κ1) is 7.16. The van der Waals surface area contributed by atoms with Crippen LogP contribution in [0.25, 0.3) is 0 Å². The summed E-state index contributed by atoms with van der Waals surface area (Å²) in [7, 11) is 0. The minimum absolute atomic E-state index is 0.0719. The third-order valence-corrected chi connectivity index (χ3v) is 1.74. The van der Waals surface area contributed by atoms with Gasteiger partial charge in [0.25, 0.3) is 0 Å². The SMILES string of the molecule is O=C1C=CO[C@H](c2ccco2)C1. The van der Waals surface area contributed by atoms with Gasteiger partial charge in [-0.15, -0.1) is 0 Å². The Bertz CT molecular complexity index is 298. The number of furan rings is 1.